The van der Waals surface area contributed by atoms with Gasteiger partial charge < -0.3 is 4.42 Å². The van der Waals surface area contributed by atoms with Gasteiger partial charge in [0.1, 0.15) is 11.2 Å². The van der Waals surface area contributed by atoms with Gasteiger partial charge in [0.25, 0.3) is 0 Å². The zero-order valence-electron chi connectivity index (χ0n) is 13.9. The van der Waals surface area contributed by atoms with Gasteiger partial charge in [-0.25, -0.2) is 0 Å². The van der Waals surface area contributed by atoms with E-state index in [1.807, 2.05) is 30.3 Å². The first-order chi connectivity index (χ1) is 12.8. The lowest BCUT2D eigenvalue weighted by molar-refractivity contribution is 0.669. The summed E-state index contributed by atoms with van der Waals surface area (Å²) in [6.07, 6.45) is 0. The average Bonchev–Trinajstić information content (AvgIpc) is 3.08. The van der Waals surface area contributed by atoms with Gasteiger partial charge >= 0.3 is 0 Å². The minimum absolute atomic E-state index is 0.719. The van der Waals surface area contributed by atoms with Crippen molar-refractivity contribution in [2.75, 3.05) is 0 Å². The summed E-state index contributed by atoms with van der Waals surface area (Å²) < 4.78 is 5.93. The molecule has 0 aliphatic carbocycles. The van der Waals surface area contributed by atoms with Gasteiger partial charge in [-0.2, -0.15) is 0 Å². The molecule has 0 bridgehead atoms. The first kappa shape index (κ1) is 15.2. The number of fused-ring (bicyclic) bond motifs is 3. The number of halogens is 1. The molecule has 0 fully saturated rings. The van der Waals surface area contributed by atoms with Crippen LogP contribution in [0.4, 0.5) is 0 Å². The third-order valence-electron chi connectivity index (χ3n) is 4.75. The zero-order chi connectivity index (χ0) is 17.5. The highest BCUT2D eigenvalue weighted by molar-refractivity contribution is 6.37. The van der Waals surface area contributed by atoms with E-state index in [0.29, 0.717) is 0 Å². The van der Waals surface area contributed by atoms with Crippen molar-refractivity contribution in [3.8, 4) is 22.3 Å². The van der Waals surface area contributed by atoms with Crippen molar-refractivity contribution < 1.29 is 4.42 Å². The van der Waals surface area contributed by atoms with Gasteiger partial charge in [-0.05, 0) is 52.6 Å². The molecule has 4 aromatic carbocycles. The summed E-state index contributed by atoms with van der Waals surface area (Å²) in [6.45, 7) is 0. The maximum atomic E-state index is 6.42. The Kier molecular flexibility index (Phi) is 3.55. The van der Waals surface area contributed by atoms with Crippen LogP contribution in [0.25, 0.3) is 44.2 Å². The van der Waals surface area contributed by atoms with Gasteiger partial charge in [-0.1, -0.05) is 72.3 Å². The number of rotatable bonds is 2. The van der Waals surface area contributed by atoms with Crippen molar-refractivity contribution in [2.24, 2.45) is 0 Å². The van der Waals surface area contributed by atoms with Gasteiger partial charge in [-0.15, -0.1) is 0 Å². The molecule has 0 spiro atoms. The third-order valence-corrected chi connectivity index (χ3v) is 5.06. The molecular weight excluding hydrogens is 340 g/mol. The fraction of sp³-hybridized carbons (Fsp3) is 0. The van der Waals surface area contributed by atoms with Crippen molar-refractivity contribution in [1.29, 1.82) is 0 Å². The molecule has 0 radical (unpaired) electrons. The molecule has 0 N–H and O–H groups in total. The van der Waals surface area contributed by atoms with E-state index in [2.05, 4.69) is 60.7 Å². The Morgan fingerprint density at radius 2 is 1.23 bits per heavy atom. The fourth-order valence-corrected chi connectivity index (χ4v) is 3.74. The second kappa shape index (κ2) is 6.05. The topological polar surface area (TPSA) is 13.1 Å². The summed E-state index contributed by atoms with van der Waals surface area (Å²) in [4.78, 5) is 0. The molecule has 124 valence electrons. The SMILES string of the molecule is Clc1cccc2oc3ccc(-c4cccc(-c5ccccc5)c4)cc3c12. The molecule has 0 amide bonds. The second-order valence-electron chi connectivity index (χ2n) is 6.37. The molecule has 0 saturated carbocycles. The zero-order valence-corrected chi connectivity index (χ0v) is 14.7. The van der Waals surface area contributed by atoms with E-state index in [1.165, 1.54) is 16.7 Å². The van der Waals surface area contributed by atoms with Crippen LogP contribution in [-0.2, 0) is 0 Å². The molecule has 5 aromatic rings. The Hall–Kier alpha value is -3.03. The van der Waals surface area contributed by atoms with Crippen LogP contribution in [0.2, 0.25) is 5.02 Å². The van der Waals surface area contributed by atoms with E-state index in [9.17, 15) is 0 Å². The Morgan fingerprint density at radius 3 is 2.08 bits per heavy atom. The number of hydrogen-bond donors (Lipinski definition) is 0. The minimum atomic E-state index is 0.719. The summed E-state index contributed by atoms with van der Waals surface area (Å²) >= 11 is 6.42. The molecule has 0 unspecified atom stereocenters. The molecule has 1 aromatic heterocycles. The van der Waals surface area contributed by atoms with E-state index in [0.717, 1.165) is 32.5 Å². The molecule has 5 rings (SSSR count). The van der Waals surface area contributed by atoms with E-state index < -0.39 is 0 Å². The summed E-state index contributed by atoms with van der Waals surface area (Å²) in [5, 5.41) is 2.75. The fourth-order valence-electron chi connectivity index (χ4n) is 3.47. The number of furan rings is 1. The van der Waals surface area contributed by atoms with Gasteiger partial charge in [0.05, 0.1) is 5.02 Å². The van der Waals surface area contributed by atoms with Gasteiger partial charge in [0.2, 0.25) is 0 Å². The van der Waals surface area contributed by atoms with E-state index in [-0.39, 0.29) is 0 Å². The highest BCUT2D eigenvalue weighted by atomic mass is 35.5. The van der Waals surface area contributed by atoms with E-state index >= 15 is 0 Å². The standard InChI is InChI=1S/C24H15ClO/c25-21-10-5-11-23-24(21)20-15-19(12-13-22(20)26-23)18-9-4-8-17(14-18)16-6-2-1-3-7-16/h1-15H. The molecular formula is C24H15ClO. The maximum Gasteiger partial charge on any atom is 0.136 e. The van der Waals surface area contributed by atoms with Crippen LogP contribution in [0.1, 0.15) is 0 Å². The first-order valence-corrected chi connectivity index (χ1v) is 8.94. The normalized spacial score (nSPS) is 11.3. The Balaban J connectivity index is 1.69. The molecule has 0 saturated heterocycles. The van der Waals surface area contributed by atoms with E-state index in [1.54, 1.807) is 0 Å². The van der Waals surface area contributed by atoms with Crippen LogP contribution in [-0.4, -0.2) is 0 Å². The smallest absolute Gasteiger partial charge is 0.136 e. The highest BCUT2D eigenvalue weighted by Crippen LogP contribution is 2.36. The van der Waals surface area contributed by atoms with Crippen LogP contribution < -0.4 is 0 Å². The predicted molar refractivity (Wildman–Crippen MR) is 110 cm³/mol. The van der Waals surface area contributed by atoms with E-state index in [4.69, 9.17) is 16.0 Å². The van der Waals surface area contributed by atoms with Crippen LogP contribution in [0, 0.1) is 0 Å². The van der Waals surface area contributed by atoms with Crippen LogP contribution in [0.3, 0.4) is 0 Å². The molecule has 1 heterocycles. The Morgan fingerprint density at radius 1 is 0.538 bits per heavy atom. The predicted octanol–water partition coefficient (Wildman–Crippen LogP) is 7.57. The number of hydrogen-bond acceptors (Lipinski definition) is 1. The highest BCUT2D eigenvalue weighted by Gasteiger charge is 2.11. The molecule has 0 aliphatic rings. The maximum absolute atomic E-state index is 6.42. The van der Waals surface area contributed by atoms with Crippen molar-refractivity contribution in [3.63, 3.8) is 0 Å². The lowest BCUT2D eigenvalue weighted by Gasteiger charge is -2.06. The van der Waals surface area contributed by atoms with Crippen LogP contribution in [0.15, 0.2) is 95.4 Å². The average molecular weight is 355 g/mol. The minimum Gasteiger partial charge on any atom is -0.456 e. The Bertz CT molecular complexity index is 1240. The number of benzene rings is 4. The molecule has 0 aliphatic heterocycles. The van der Waals surface area contributed by atoms with Crippen molar-refractivity contribution >= 4 is 33.5 Å². The molecule has 26 heavy (non-hydrogen) atoms. The lowest BCUT2D eigenvalue weighted by atomic mass is 9.98. The van der Waals surface area contributed by atoms with Gasteiger partial charge in [0, 0.05) is 10.8 Å². The van der Waals surface area contributed by atoms with Crippen molar-refractivity contribution in [1.82, 2.24) is 0 Å². The summed E-state index contributed by atoms with van der Waals surface area (Å²) in [5.41, 5.74) is 6.43. The molecule has 1 nitrogen and oxygen atoms in total. The first-order valence-electron chi connectivity index (χ1n) is 8.56. The quantitative estimate of drug-likeness (QED) is 0.318. The third kappa shape index (κ3) is 2.49. The summed E-state index contributed by atoms with van der Waals surface area (Å²) in [7, 11) is 0. The monoisotopic (exact) mass is 354 g/mol. The lowest BCUT2D eigenvalue weighted by Crippen LogP contribution is -1.81. The molecule has 2 heteroatoms. The van der Waals surface area contributed by atoms with Crippen LogP contribution >= 0.6 is 11.6 Å². The van der Waals surface area contributed by atoms with Gasteiger partial charge in [-0.3, -0.25) is 0 Å². The van der Waals surface area contributed by atoms with Crippen molar-refractivity contribution in [3.05, 3.63) is 96.0 Å². The van der Waals surface area contributed by atoms with Gasteiger partial charge in [0.15, 0.2) is 0 Å². The van der Waals surface area contributed by atoms with Crippen LogP contribution in [0.5, 0.6) is 0 Å². The largest absolute Gasteiger partial charge is 0.456 e. The summed E-state index contributed by atoms with van der Waals surface area (Å²) in [5.74, 6) is 0. The van der Waals surface area contributed by atoms with Crippen molar-refractivity contribution in [2.45, 2.75) is 0 Å². The summed E-state index contributed by atoms with van der Waals surface area (Å²) in [6, 6.07) is 31.1. The Labute approximate surface area is 156 Å². The molecule has 0 atom stereocenters. The second-order valence-corrected chi connectivity index (χ2v) is 6.78.